The van der Waals surface area contributed by atoms with Gasteiger partial charge in [-0.3, -0.25) is 14.9 Å². The average Bonchev–Trinajstić information content (AvgIpc) is 3.16. The Bertz CT molecular complexity index is 1070. The molecule has 0 saturated carbocycles. The molecule has 2 heterocycles. The van der Waals surface area contributed by atoms with E-state index in [1.54, 1.807) is 4.68 Å². The van der Waals surface area contributed by atoms with Crippen molar-refractivity contribution in [3.05, 3.63) is 70.7 Å². The quantitative estimate of drug-likeness (QED) is 0.507. The molecule has 160 valence electrons. The third-order valence-electron chi connectivity index (χ3n) is 5.19. The van der Waals surface area contributed by atoms with Crippen molar-refractivity contribution in [1.82, 2.24) is 14.8 Å². The molecule has 1 aromatic heterocycles. The molecule has 1 aliphatic rings. The second-order valence-electron chi connectivity index (χ2n) is 7.41. The maximum absolute atomic E-state index is 12.2. The summed E-state index contributed by atoms with van der Waals surface area (Å²) in [7, 11) is 0. The number of carboxylic acid groups (broad SMARTS) is 1. The number of aromatic nitrogens is 3. The lowest BCUT2D eigenvalue weighted by molar-refractivity contribution is -0.137. The van der Waals surface area contributed by atoms with Crippen molar-refractivity contribution in [2.45, 2.75) is 37.8 Å². The van der Waals surface area contributed by atoms with Crippen LogP contribution in [-0.4, -0.2) is 31.7 Å². The van der Waals surface area contributed by atoms with E-state index < -0.39 is 5.97 Å². The summed E-state index contributed by atoms with van der Waals surface area (Å²) in [5.41, 5.74) is 2.17. The zero-order chi connectivity index (χ0) is 21.8. The molecule has 0 fully saturated rings. The van der Waals surface area contributed by atoms with E-state index in [2.05, 4.69) is 32.8 Å². The summed E-state index contributed by atoms with van der Waals surface area (Å²) in [5, 5.41) is 20.0. The van der Waals surface area contributed by atoms with E-state index in [1.165, 1.54) is 0 Å². The van der Waals surface area contributed by atoms with E-state index in [0.29, 0.717) is 11.0 Å². The summed E-state index contributed by atoms with van der Waals surface area (Å²) in [6.45, 7) is 0. The first kappa shape index (κ1) is 20.9. The fourth-order valence-electron chi connectivity index (χ4n) is 3.68. The molecule has 2 atom stereocenters. The Morgan fingerprint density at radius 1 is 1.10 bits per heavy atom. The summed E-state index contributed by atoms with van der Waals surface area (Å²) in [4.78, 5) is 27.3. The van der Waals surface area contributed by atoms with Gasteiger partial charge in [-0.25, -0.2) is 4.68 Å². The molecule has 2 aromatic carbocycles. The van der Waals surface area contributed by atoms with Crippen LogP contribution < -0.4 is 10.6 Å². The smallest absolute Gasteiger partial charge is 0.303 e. The van der Waals surface area contributed by atoms with Crippen LogP contribution in [0.1, 0.15) is 48.9 Å². The molecule has 1 aliphatic heterocycles. The highest BCUT2D eigenvalue weighted by Gasteiger charge is 2.31. The fraction of sp³-hybridized carbons (Fsp3) is 0.273. The van der Waals surface area contributed by atoms with Gasteiger partial charge >= 0.3 is 5.97 Å². The van der Waals surface area contributed by atoms with E-state index in [4.69, 9.17) is 16.7 Å². The summed E-state index contributed by atoms with van der Waals surface area (Å²) in [5.74, 6) is -0.492. The first-order chi connectivity index (χ1) is 15.0. The number of nitrogens with one attached hydrogen (secondary N) is 2. The second-order valence-corrected chi connectivity index (χ2v) is 7.85. The number of halogens is 1. The number of carboxylic acids is 1. The second kappa shape index (κ2) is 9.18. The predicted molar refractivity (Wildman–Crippen MR) is 117 cm³/mol. The van der Waals surface area contributed by atoms with Gasteiger partial charge < -0.3 is 10.4 Å². The van der Waals surface area contributed by atoms with Crippen molar-refractivity contribution in [2.24, 2.45) is 0 Å². The topological polar surface area (TPSA) is 109 Å². The lowest BCUT2D eigenvalue weighted by Crippen LogP contribution is -2.28. The number of amides is 1. The highest BCUT2D eigenvalue weighted by molar-refractivity contribution is 6.30. The van der Waals surface area contributed by atoms with Gasteiger partial charge in [0, 0.05) is 17.9 Å². The van der Waals surface area contributed by atoms with E-state index in [9.17, 15) is 9.59 Å². The summed E-state index contributed by atoms with van der Waals surface area (Å²) in [6, 6.07) is 17.7. The summed E-state index contributed by atoms with van der Waals surface area (Å²) in [6.07, 6.45) is 1.04. The Morgan fingerprint density at radius 3 is 2.55 bits per heavy atom. The normalized spacial score (nSPS) is 17.5. The van der Waals surface area contributed by atoms with E-state index in [1.807, 2.05) is 42.5 Å². The van der Waals surface area contributed by atoms with Crippen LogP contribution in [-0.2, 0) is 9.59 Å². The number of benzene rings is 2. The van der Waals surface area contributed by atoms with Gasteiger partial charge in [0.25, 0.3) is 5.95 Å². The van der Waals surface area contributed by atoms with Crippen molar-refractivity contribution < 1.29 is 14.7 Å². The van der Waals surface area contributed by atoms with Crippen molar-refractivity contribution in [2.75, 3.05) is 10.6 Å². The fourth-order valence-corrected chi connectivity index (χ4v) is 3.81. The number of carbonyl (C=O) groups excluding carboxylic acids is 1. The van der Waals surface area contributed by atoms with Crippen LogP contribution in [0.25, 0.3) is 0 Å². The zero-order valence-corrected chi connectivity index (χ0v) is 17.4. The van der Waals surface area contributed by atoms with Crippen LogP contribution in [0.3, 0.4) is 0 Å². The van der Waals surface area contributed by atoms with Crippen LogP contribution in [0.15, 0.2) is 54.6 Å². The molecule has 0 aliphatic carbocycles. The van der Waals surface area contributed by atoms with E-state index in [-0.39, 0.29) is 43.2 Å². The lowest BCUT2D eigenvalue weighted by atomic mass is 9.93. The maximum atomic E-state index is 12.2. The maximum Gasteiger partial charge on any atom is 0.303 e. The SMILES string of the molecule is O=C(O)CCCC(=O)Nc1nc2n(n1)C(c1ccc(Cl)cc1)CC(c1ccccc1)N2. The number of hydrogen-bond acceptors (Lipinski definition) is 5. The Labute approximate surface area is 184 Å². The monoisotopic (exact) mass is 439 g/mol. The number of fused-ring (bicyclic) bond motifs is 1. The van der Waals surface area contributed by atoms with Gasteiger partial charge in [-0.15, -0.1) is 5.10 Å². The minimum Gasteiger partial charge on any atom is -0.481 e. The molecule has 2 unspecified atom stereocenters. The van der Waals surface area contributed by atoms with Gasteiger partial charge in [-0.1, -0.05) is 54.1 Å². The molecule has 3 aromatic rings. The molecule has 0 bridgehead atoms. The highest BCUT2D eigenvalue weighted by Crippen LogP contribution is 2.38. The van der Waals surface area contributed by atoms with E-state index in [0.717, 1.165) is 17.5 Å². The number of hydrogen-bond donors (Lipinski definition) is 3. The van der Waals surface area contributed by atoms with Crippen LogP contribution in [0.2, 0.25) is 5.02 Å². The minimum absolute atomic E-state index is 0.0256. The molecule has 3 N–H and O–H groups in total. The van der Waals surface area contributed by atoms with Crippen LogP contribution in [0.5, 0.6) is 0 Å². The number of rotatable bonds is 7. The van der Waals surface area contributed by atoms with Gasteiger partial charge in [-0.2, -0.15) is 4.98 Å². The molecule has 0 saturated heterocycles. The van der Waals surface area contributed by atoms with Crippen LogP contribution in [0, 0.1) is 0 Å². The van der Waals surface area contributed by atoms with Crippen molar-refractivity contribution in [3.8, 4) is 0 Å². The molecule has 4 rings (SSSR count). The minimum atomic E-state index is -0.926. The Hall–Kier alpha value is -3.39. The highest BCUT2D eigenvalue weighted by atomic mass is 35.5. The van der Waals surface area contributed by atoms with Gasteiger partial charge in [-0.05, 0) is 36.1 Å². The van der Waals surface area contributed by atoms with Crippen LogP contribution in [0.4, 0.5) is 11.9 Å². The summed E-state index contributed by atoms with van der Waals surface area (Å²) >= 11 is 6.07. The molecular formula is C22H22ClN5O3. The number of nitrogens with zero attached hydrogens (tertiary/aromatic N) is 3. The van der Waals surface area contributed by atoms with Crippen LogP contribution >= 0.6 is 11.6 Å². The zero-order valence-electron chi connectivity index (χ0n) is 16.7. The van der Waals surface area contributed by atoms with Crippen molar-refractivity contribution in [3.63, 3.8) is 0 Å². The van der Waals surface area contributed by atoms with Gasteiger partial charge in [0.15, 0.2) is 0 Å². The van der Waals surface area contributed by atoms with Gasteiger partial charge in [0.1, 0.15) is 0 Å². The largest absolute Gasteiger partial charge is 0.481 e. The average molecular weight is 440 g/mol. The first-order valence-electron chi connectivity index (χ1n) is 10.0. The van der Waals surface area contributed by atoms with Crippen molar-refractivity contribution in [1.29, 1.82) is 0 Å². The molecule has 0 spiro atoms. The van der Waals surface area contributed by atoms with Crippen molar-refractivity contribution >= 4 is 35.4 Å². The number of carbonyl (C=O) groups is 2. The lowest BCUT2D eigenvalue weighted by Gasteiger charge is -2.31. The number of anilines is 2. The standard InChI is InChI=1S/C22H22ClN5O3/c23-16-11-9-15(10-12-16)18-13-17(14-5-2-1-3-6-14)24-22-26-21(27-28(18)22)25-19(29)7-4-8-20(30)31/h1-3,5-6,9-12,17-18H,4,7-8,13H2,(H,30,31)(H2,24,25,26,27,29). The molecule has 31 heavy (non-hydrogen) atoms. The molecular weight excluding hydrogens is 418 g/mol. The van der Waals surface area contributed by atoms with Gasteiger partial charge in [0.05, 0.1) is 12.1 Å². The molecule has 0 radical (unpaired) electrons. The molecule has 1 amide bonds. The van der Waals surface area contributed by atoms with Gasteiger partial charge in [0.2, 0.25) is 11.9 Å². The Balaban J connectivity index is 1.59. The third-order valence-corrected chi connectivity index (χ3v) is 5.44. The summed E-state index contributed by atoms with van der Waals surface area (Å²) < 4.78 is 1.77. The molecule has 8 nitrogen and oxygen atoms in total. The number of aliphatic carboxylic acids is 1. The third kappa shape index (κ3) is 5.03. The molecule has 9 heteroatoms. The Morgan fingerprint density at radius 2 is 1.84 bits per heavy atom. The van der Waals surface area contributed by atoms with E-state index >= 15 is 0 Å². The Kier molecular flexibility index (Phi) is 6.18. The first-order valence-corrected chi connectivity index (χ1v) is 10.4. The predicted octanol–water partition coefficient (Wildman–Crippen LogP) is 4.27.